The number of carbonyl (C=O) groups is 3. The van der Waals surface area contributed by atoms with E-state index in [1.807, 2.05) is 0 Å². The molecule has 1 N–H and O–H groups in total. The second-order valence-corrected chi connectivity index (χ2v) is 7.25. The first kappa shape index (κ1) is 19.1. The van der Waals surface area contributed by atoms with Crippen LogP contribution in [0, 0.1) is 0 Å². The summed E-state index contributed by atoms with van der Waals surface area (Å²) >= 11 is 5.59. The Kier molecular flexibility index (Phi) is 5.31. The van der Waals surface area contributed by atoms with E-state index in [1.54, 1.807) is 20.8 Å². The maximum absolute atomic E-state index is 12.5. The third kappa shape index (κ3) is 4.25. The summed E-state index contributed by atoms with van der Waals surface area (Å²) in [5.41, 5.74) is -2.27. The van der Waals surface area contributed by atoms with Gasteiger partial charge in [-0.1, -0.05) is 0 Å². The number of amides is 1. The van der Waals surface area contributed by atoms with Crippen molar-refractivity contribution in [1.82, 2.24) is 14.9 Å². The number of aliphatic carboxylic acids is 1. The monoisotopic (exact) mass is 369 g/mol. The summed E-state index contributed by atoms with van der Waals surface area (Å²) in [5, 5.41) is 9.75. The second kappa shape index (κ2) is 6.95. The lowest BCUT2D eigenvalue weighted by Crippen LogP contribution is -2.55. The molecule has 25 heavy (non-hydrogen) atoms. The first-order valence-electron chi connectivity index (χ1n) is 7.80. The Balaban J connectivity index is 2.27. The average molecular weight is 370 g/mol. The van der Waals surface area contributed by atoms with E-state index in [0.717, 1.165) is 4.90 Å². The second-order valence-electron chi connectivity index (χ2n) is 6.91. The lowest BCUT2D eigenvalue weighted by Gasteiger charge is -2.35. The van der Waals surface area contributed by atoms with Crippen molar-refractivity contribution < 1.29 is 24.2 Å². The predicted molar refractivity (Wildman–Crippen MR) is 88.5 cm³/mol. The fraction of sp³-hybridized carbons (Fsp3) is 0.562. The van der Waals surface area contributed by atoms with E-state index in [2.05, 4.69) is 9.97 Å². The van der Waals surface area contributed by atoms with Crippen LogP contribution < -0.4 is 0 Å². The van der Waals surface area contributed by atoms with Crippen LogP contribution in [-0.2, 0) is 9.53 Å². The molecule has 136 valence electrons. The van der Waals surface area contributed by atoms with Gasteiger partial charge in [0.25, 0.3) is 0 Å². The summed E-state index contributed by atoms with van der Waals surface area (Å²) in [4.78, 5) is 45.5. The number of aromatic nitrogens is 2. The molecule has 9 heteroatoms. The van der Waals surface area contributed by atoms with Crippen molar-refractivity contribution in [2.24, 2.45) is 0 Å². The molecule has 0 saturated carbocycles. The van der Waals surface area contributed by atoms with Gasteiger partial charge in [-0.05, 0) is 45.2 Å². The molecule has 1 aliphatic heterocycles. The lowest BCUT2D eigenvalue weighted by atomic mass is 9.88. The molecule has 1 amide bonds. The van der Waals surface area contributed by atoms with Gasteiger partial charge in [0.15, 0.2) is 11.3 Å². The SMILES string of the molecule is CC(C)(C)OC(=O)N1CCCC1(CC(=O)c1cnc(Cl)nc1)C(=O)O. The number of hydrogen-bond acceptors (Lipinski definition) is 6. The Morgan fingerprint density at radius 1 is 1.32 bits per heavy atom. The highest BCUT2D eigenvalue weighted by molar-refractivity contribution is 6.28. The van der Waals surface area contributed by atoms with Crippen molar-refractivity contribution in [2.45, 2.75) is 51.2 Å². The van der Waals surface area contributed by atoms with Crippen molar-refractivity contribution in [3.05, 3.63) is 23.2 Å². The van der Waals surface area contributed by atoms with Gasteiger partial charge in [0.05, 0.1) is 5.56 Å². The molecule has 0 aromatic carbocycles. The Bertz CT molecular complexity index is 686. The van der Waals surface area contributed by atoms with E-state index in [1.165, 1.54) is 12.4 Å². The molecule has 2 heterocycles. The molecule has 2 rings (SSSR count). The zero-order chi connectivity index (χ0) is 18.8. The molecule has 0 spiro atoms. The summed E-state index contributed by atoms with van der Waals surface area (Å²) in [6, 6.07) is 0. The standard InChI is InChI=1S/C16H20ClN3O5/c1-15(2,3)25-14(24)20-6-4-5-16(20,12(22)23)7-11(21)10-8-18-13(17)19-9-10/h8-9H,4-7H2,1-3H3,(H,22,23). The summed E-state index contributed by atoms with van der Waals surface area (Å²) in [6.07, 6.45) is 1.98. The summed E-state index contributed by atoms with van der Waals surface area (Å²) in [5.74, 6) is -1.71. The summed E-state index contributed by atoms with van der Waals surface area (Å²) < 4.78 is 5.30. The maximum Gasteiger partial charge on any atom is 0.411 e. The Hall–Kier alpha value is -2.22. The van der Waals surface area contributed by atoms with E-state index < -0.39 is 29.0 Å². The van der Waals surface area contributed by atoms with Gasteiger partial charge < -0.3 is 9.84 Å². The molecule has 0 aliphatic carbocycles. The van der Waals surface area contributed by atoms with Crippen molar-refractivity contribution in [3.8, 4) is 0 Å². The topological polar surface area (TPSA) is 110 Å². The van der Waals surface area contributed by atoms with E-state index in [-0.39, 0.29) is 30.2 Å². The van der Waals surface area contributed by atoms with E-state index in [0.29, 0.717) is 6.42 Å². The average Bonchev–Trinajstić information content (AvgIpc) is 2.91. The normalized spacial score (nSPS) is 20.4. The van der Waals surface area contributed by atoms with Crippen LogP contribution >= 0.6 is 11.6 Å². The first-order valence-corrected chi connectivity index (χ1v) is 8.18. The molecule has 1 aliphatic rings. The van der Waals surface area contributed by atoms with Crippen LogP contribution in [0.15, 0.2) is 12.4 Å². The smallest absolute Gasteiger partial charge is 0.411 e. The maximum atomic E-state index is 12.5. The number of Topliss-reactive ketones (excluding diaryl/α,β-unsaturated/α-hetero) is 1. The number of halogens is 1. The number of carboxylic acid groups (broad SMARTS) is 1. The molecule has 1 fully saturated rings. The molecule has 1 aromatic rings. The fourth-order valence-corrected chi connectivity index (χ4v) is 2.87. The number of carbonyl (C=O) groups excluding carboxylic acids is 2. The molecule has 1 aromatic heterocycles. The van der Waals surface area contributed by atoms with Gasteiger partial charge in [0.1, 0.15) is 5.60 Å². The zero-order valence-electron chi connectivity index (χ0n) is 14.3. The van der Waals surface area contributed by atoms with Crippen LogP contribution in [0.3, 0.4) is 0 Å². The number of ether oxygens (including phenoxy) is 1. The van der Waals surface area contributed by atoms with Gasteiger partial charge in [-0.2, -0.15) is 0 Å². The van der Waals surface area contributed by atoms with Crippen LogP contribution in [0.5, 0.6) is 0 Å². The Morgan fingerprint density at radius 2 is 1.92 bits per heavy atom. The molecule has 1 atom stereocenters. The van der Waals surface area contributed by atoms with Crippen molar-refractivity contribution >= 4 is 29.4 Å². The molecular formula is C16H20ClN3O5. The van der Waals surface area contributed by atoms with Crippen LogP contribution in [0.4, 0.5) is 4.79 Å². The van der Waals surface area contributed by atoms with Gasteiger partial charge in [-0.3, -0.25) is 9.69 Å². The molecular weight excluding hydrogens is 350 g/mol. The number of rotatable bonds is 4. The molecule has 1 saturated heterocycles. The third-order valence-corrected chi connectivity index (χ3v) is 4.09. The summed E-state index contributed by atoms with van der Waals surface area (Å²) in [7, 11) is 0. The van der Waals surface area contributed by atoms with Gasteiger partial charge in [-0.15, -0.1) is 0 Å². The molecule has 0 bridgehead atoms. The van der Waals surface area contributed by atoms with E-state index in [9.17, 15) is 19.5 Å². The van der Waals surface area contributed by atoms with Gasteiger partial charge >= 0.3 is 12.1 Å². The Labute approximate surface area is 150 Å². The fourth-order valence-electron chi connectivity index (χ4n) is 2.77. The molecule has 1 unspecified atom stereocenters. The minimum Gasteiger partial charge on any atom is -0.479 e. The highest BCUT2D eigenvalue weighted by atomic mass is 35.5. The van der Waals surface area contributed by atoms with E-state index in [4.69, 9.17) is 16.3 Å². The predicted octanol–water partition coefficient (Wildman–Crippen LogP) is 2.56. The highest BCUT2D eigenvalue weighted by Gasteiger charge is 2.52. The largest absolute Gasteiger partial charge is 0.479 e. The molecule has 8 nitrogen and oxygen atoms in total. The highest BCUT2D eigenvalue weighted by Crippen LogP contribution is 2.35. The minimum absolute atomic E-state index is 0.0132. The number of ketones is 1. The van der Waals surface area contributed by atoms with E-state index >= 15 is 0 Å². The number of nitrogens with zero attached hydrogens (tertiary/aromatic N) is 3. The number of carboxylic acids is 1. The number of likely N-dealkylation sites (tertiary alicyclic amines) is 1. The van der Waals surface area contributed by atoms with Crippen molar-refractivity contribution in [3.63, 3.8) is 0 Å². The van der Waals surface area contributed by atoms with Gasteiger partial charge in [0, 0.05) is 25.4 Å². The minimum atomic E-state index is -1.64. The van der Waals surface area contributed by atoms with Crippen LogP contribution in [0.1, 0.15) is 50.4 Å². The lowest BCUT2D eigenvalue weighted by molar-refractivity contribution is -0.149. The third-order valence-electron chi connectivity index (χ3n) is 3.90. The van der Waals surface area contributed by atoms with Crippen LogP contribution in [0.25, 0.3) is 0 Å². The zero-order valence-corrected chi connectivity index (χ0v) is 15.0. The first-order chi connectivity index (χ1) is 11.5. The van der Waals surface area contributed by atoms with Gasteiger partial charge in [0.2, 0.25) is 5.28 Å². The quantitative estimate of drug-likeness (QED) is 0.641. The van der Waals surface area contributed by atoms with Crippen molar-refractivity contribution in [1.29, 1.82) is 0 Å². The molecule has 0 radical (unpaired) electrons. The van der Waals surface area contributed by atoms with Crippen molar-refractivity contribution in [2.75, 3.05) is 6.54 Å². The van der Waals surface area contributed by atoms with Crippen LogP contribution in [-0.4, -0.2) is 55.5 Å². The van der Waals surface area contributed by atoms with Gasteiger partial charge in [-0.25, -0.2) is 19.6 Å². The number of hydrogen-bond donors (Lipinski definition) is 1. The van der Waals surface area contributed by atoms with Crippen LogP contribution in [0.2, 0.25) is 5.28 Å². The Morgan fingerprint density at radius 3 is 2.44 bits per heavy atom. The summed E-state index contributed by atoms with van der Waals surface area (Å²) in [6.45, 7) is 5.30.